The third-order valence-electron chi connectivity index (χ3n) is 2.32. The lowest BCUT2D eigenvalue weighted by molar-refractivity contribution is 0.568. The molecule has 1 aromatic rings. The highest BCUT2D eigenvalue weighted by molar-refractivity contribution is 6.17. The number of nitrogens with zero attached hydrogens (tertiary/aromatic N) is 3. The van der Waals surface area contributed by atoms with Gasteiger partial charge in [-0.2, -0.15) is 10.4 Å². The third-order valence-corrected chi connectivity index (χ3v) is 2.59. The number of nitriles is 1. The normalized spacial score (nSPS) is 10.1. The van der Waals surface area contributed by atoms with Gasteiger partial charge in [-0.1, -0.05) is 0 Å². The Morgan fingerprint density at radius 3 is 2.71 bits per heavy atom. The third kappa shape index (κ3) is 2.27. The Morgan fingerprint density at radius 1 is 1.50 bits per heavy atom. The van der Waals surface area contributed by atoms with Gasteiger partial charge in [0.1, 0.15) is 0 Å². The zero-order valence-electron chi connectivity index (χ0n) is 8.55. The van der Waals surface area contributed by atoms with Crippen LogP contribution in [-0.2, 0) is 12.4 Å². The van der Waals surface area contributed by atoms with Crippen LogP contribution in [-0.4, -0.2) is 9.78 Å². The van der Waals surface area contributed by atoms with Crippen LogP contribution in [0.1, 0.15) is 29.8 Å². The van der Waals surface area contributed by atoms with Gasteiger partial charge in [0.25, 0.3) is 0 Å². The molecule has 0 aliphatic carbocycles. The molecule has 0 atom stereocenters. The Kier molecular flexibility index (Phi) is 3.97. The number of alkyl halides is 1. The van der Waals surface area contributed by atoms with Gasteiger partial charge in [0.05, 0.1) is 17.6 Å². The molecular formula is C10H14ClN3. The maximum absolute atomic E-state index is 8.42. The molecule has 0 radical (unpaired) electrons. The number of halogens is 1. The maximum atomic E-state index is 8.42. The first-order valence-corrected chi connectivity index (χ1v) is 5.20. The van der Waals surface area contributed by atoms with Crippen molar-refractivity contribution in [3.8, 4) is 6.07 Å². The molecule has 14 heavy (non-hydrogen) atoms. The smallest absolute Gasteiger partial charge is 0.0640 e. The lowest BCUT2D eigenvalue weighted by Crippen LogP contribution is -2.02. The minimum Gasteiger partial charge on any atom is -0.269 e. The van der Waals surface area contributed by atoms with Crippen LogP contribution < -0.4 is 0 Å². The summed E-state index contributed by atoms with van der Waals surface area (Å²) in [4.78, 5) is 0. The van der Waals surface area contributed by atoms with Gasteiger partial charge in [0.15, 0.2) is 0 Å². The van der Waals surface area contributed by atoms with E-state index >= 15 is 0 Å². The van der Waals surface area contributed by atoms with Crippen molar-refractivity contribution in [2.75, 3.05) is 0 Å². The van der Waals surface area contributed by atoms with Crippen molar-refractivity contribution in [3.63, 3.8) is 0 Å². The molecule has 0 bridgehead atoms. The Hall–Kier alpha value is -1.01. The second kappa shape index (κ2) is 5.02. The highest BCUT2D eigenvalue weighted by atomic mass is 35.5. The Bertz CT molecular complexity index is 349. The topological polar surface area (TPSA) is 41.6 Å². The SMILES string of the molecule is Cc1nn(CCCC#N)c(C)c1CCl. The first kappa shape index (κ1) is 11.1. The molecule has 3 nitrogen and oxygen atoms in total. The molecular weight excluding hydrogens is 198 g/mol. The number of aryl methyl sites for hydroxylation is 2. The van der Waals surface area contributed by atoms with Gasteiger partial charge in [0, 0.05) is 24.2 Å². The zero-order valence-corrected chi connectivity index (χ0v) is 9.30. The summed E-state index contributed by atoms with van der Waals surface area (Å²) in [7, 11) is 0. The quantitative estimate of drug-likeness (QED) is 0.567. The number of hydrogen-bond donors (Lipinski definition) is 0. The molecule has 0 aromatic carbocycles. The van der Waals surface area contributed by atoms with Crippen LogP contribution >= 0.6 is 11.6 Å². The molecule has 0 aliphatic heterocycles. The van der Waals surface area contributed by atoms with Crippen molar-refractivity contribution in [1.82, 2.24) is 9.78 Å². The van der Waals surface area contributed by atoms with E-state index in [1.165, 1.54) is 0 Å². The lowest BCUT2D eigenvalue weighted by atomic mass is 10.2. The average Bonchev–Trinajstić information content (AvgIpc) is 2.42. The fourth-order valence-corrected chi connectivity index (χ4v) is 1.84. The highest BCUT2D eigenvalue weighted by Gasteiger charge is 2.09. The van der Waals surface area contributed by atoms with Crippen LogP contribution in [0, 0.1) is 25.2 Å². The van der Waals surface area contributed by atoms with Crippen molar-refractivity contribution in [3.05, 3.63) is 17.0 Å². The average molecular weight is 212 g/mol. The van der Waals surface area contributed by atoms with E-state index < -0.39 is 0 Å². The number of hydrogen-bond acceptors (Lipinski definition) is 2. The monoisotopic (exact) mass is 211 g/mol. The molecule has 0 saturated heterocycles. The molecule has 0 fully saturated rings. The zero-order chi connectivity index (χ0) is 10.6. The summed E-state index contributed by atoms with van der Waals surface area (Å²) >= 11 is 5.81. The fourth-order valence-electron chi connectivity index (χ4n) is 1.45. The van der Waals surface area contributed by atoms with E-state index in [4.69, 9.17) is 16.9 Å². The van der Waals surface area contributed by atoms with Crippen LogP contribution in [0.4, 0.5) is 0 Å². The van der Waals surface area contributed by atoms with Gasteiger partial charge in [-0.3, -0.25) is 4.68 Å². The van der Waals surface area contributed by atoms with Gasteiger partial charge in [0.2, 0.25) is 0 Å². The van der Waals surface area contributed by atoms with Gasteiger partial charge >= 0.3 is 0 Å². The summed E-state index contributed by atoms with van der Waals surface area (Å²) in [5, 5.41) is 12.8. The van der Waals surface area contributed by atoms with Gasteiger partial charge in [-0.05, 0) is 20.3 Å². The molecule has 0 aliphatic rings. The van der Waals surface area contributed by atoms with E-state index in [2.05, 4.69) is 11.2 Å². The highest BCUT2D eigenvalue weighted by Crippen LogP contribution is 2.15. The molecule has 0 spiro atoms. The molecule has 0 saturated carbocycles. The second-order valence-corrected chi connectivity index (χ2v) is 3.54. The van der Waals surface area contributed by atoms with Gasteiger partial charge in [-0.25, -0.2) is 0 Å². The summed E-state index contributed by atoms with van der Waals surface area (Å²) in [5.41, 5.74) is 3.23. The minimum atomic E-state index is 0.510. The van der Waals surface area contributed by atoms with Gasteiger partial charge < -0.3 is 0 Å². The second-order valence-electron chi connectivity index (χ2n) is 3.27. The minimum absolute atomic E-state index is 0.510. The van der Waals surface area contributed by atoms with Crippen molar-refractivity contribution >= 4 is 11.6 Å². The molecule has 0 N–H and O–H groups in total. The number of rotatable bonds is 4. The predicted octanol–water partition coefficient (Wildman–Crippen LogP) is 2.54. The van der Waals surface area contributed by atoms with E-state index in [1.807, 2.05) is 18.5 Å². The largest absolute Gasteiger partial charge is 0.269 e. The Morgan fingerprint density at radius 2 is 2.21 bits per heavy atom. The van der Waals surface area contributed by atoms with Crippen LogP contribution in [0.2, 0.25) is 0 Å². The van der Waals surface area contributed by atoms with E-state index in [-0.39, 0.29) is 0 Å². The first-order chi connectivity index (χ1) is 6.70. The van der Waals surface area contributed by atoms with Crippen molar-refractivity contribution in [2.45, 2.75) is 39.1 Å². The number of unbranched alkanes of at least 4 members (excludes halogenated alkanes) is 1. The van der Waals surface area contributed by atoms with Gasteiger partial charge in [-0.15, -0.1) is 11.6 Å². The van der Waals surface area contributed by atoms with Crippen LogP contribution in [0.15, 0.2) is 0 Å². The predicted molar refractivity (Wildman–Crippen MR) is 56.1 cm³/mol. The van der Waals surface area contributed by atoms with Crippen molar-refractivity contribution in [1.29, 1.82) is 5.26 Å². The summed E-state index contributed by atoms with van der Waals surface area (Å²) in [6, 6.07) is 2.13. The Balaban J connectivity index is 2.74. The van der Waals surface area contributed by atoms with E-state index in [1.54, 1.807) is 0 Å². The van der Waals surface area contributed by atoms with Crippen molar-refractivity contribution in [2.24, 2.45) is 0 Å². The molecule has 0 unspecified atom stereocenters. The van der Waals surface area contributed by atoms with E-state index in [0.29, 0.717) is 12.3 Å². The molecule has 1 heterocycles. The fraction of sp³-hybridized carbons (Fsp3) is 0.600. The Labute approximate surface area is 89.3 Å². The lowest BCUT2D eigenvalue weighted by Gasteiger charge is -2.02. The molecule has 1 rings (SSSR count). The van der Waals surface area contributed by atoms with Crippen LogP contribution in [0.3, 0.4) is 0 Å². The molecule has 4 heteroatoms. The summed E-state index contributed by atoms with van der Waals surface area (Å²) in [6.07, 6.45) is 1.43. The van der Waals surface area contributed by atoms with Crippen molar-refractivity contribution < 1.29 is 0 Å². The first-order valence-electron chi connectivity index (χ1n) is 4.66. The summed E-state index contributed by atoms with van der Waals surface area (Å²) in [5.74, 6) is 0.510. The van der Waals surface area contributed by atoms with Crippen LogP contribution in [0.25, 0.3) is 0 Å². The maximum Gasteiger partial charge on any atom is 0.0640 e. The van der Waals surface area contributed by atoms with Crippen LogP contribution in [0.5, 0.6) is 0 Å². The van der Waals surface area contributed by atoms with E-state index in [0.717, 1.165) is 29.9 Å². The number of aromatic nitrogens is 2. The molecule has 76 valence electrons. The summed E-state index contributed by atoms with van der Waals surface area (Å²) < 4.78 is 1.93. The van der Waals surface area contributed by atoms with E-state index in [9.17, 15) is 0 Å². The summed E-state index contributed by atoms with van der Waals surface area (Å²) in [6.45, 7) is 4.78. The molecule has 0 amide bonds. The standard InChI is InChI=1S/C10H14ClN3/c1-8-10(7-11)9(2)14(13-8)6-4-3-5-12/h3-4,6-7H2,1-2H3. The molecule has 1 aromatic heterocycles.